The third-order valence-corrected chi connectivity index (χ3v) is 3.31. The van der Waals surface area contributed by atoms with Crippen LogP contribution in [0.1, 0.15) is 25.0 Å². The zero-order valence-corrected chi connectivity index (χ0v) is 11.5. The van der Waals surface area contributed by atoms with E-state index in [0.29, 0.717) is 6.54 Å². The lowest BCUT2D eigenvalue weighted by Crippen LogP contribution is -2.12. The van der Waals surface area contributed by atoms with E-state index in [0.717, 1.165) is 29.7 Å². The molecule has 0 amide bonds. The first-order valence-corrected chi connectivity index (χ1v) is 6.83. The number of benzene rings is 2. The van der Waals surface area contributed by atoms with E-state index in [1.54, 1.807) is 6.07 Å². The Morgan fingerprint density at radius 2 is 1.63 bits per heavy atom. The third kappa shape index (κ3) is 3.42. The van der Waals surface area contributed by atoms with Crippen LogP contribution in [0.4, 0.5) is 4.39 Å². The van der Waals surface area contributed by atoms with Gasteiger partial charge in [0.2, 0.25) is 0 Å². The number of rotatable bonds is 5. The molecule has 0 heterocycles. The molecule has 2 aromatic rings. The Kier molecular flexibility index (Phi) is 4.69. The van der Waals surface area contributed by atoms with Gasteiger partial charge in [-0.2, -0.15) is 0 Å². The number of hydrogen-bond donors (Lipinski definition) is 1. The number of halogens is 1. The molecule has 0 radical (unpaired) electrons. The van der Waals surface area contributed by atoms with E-state index in [1.165, 1.54) is 5.56 Å². The van der Waals surface area contributed by atoms with Gasteiger partial charge >= 0.3 is 0 Å². The van der Waals surface area contributed by atoms with Crippen molar-refractivity contribution in [1.82, 2.24) is 5.32 Å². The van der Waals surface area contributed by atoms with E-state index in [-0.39, 0.29) is 5.82 Å². The lowest BCUT2D eigenvalue weighted by Gasteiger charge is -2.08. The van der Waals surface area contributed by atoms with Gasteiger partial charge in [0.1, 0.15) is 5.82 Å². The smallest absolute Gasteiger partial charge is 0.127 e. The van der Waals surface area contributed by atoms with E-state index in [1.807, 2.05) is 19.1 Å². The number of hydrogen-bond acceptors (Lipinski definition) is 1. The van der Waals surface area contributed by atoms with Crippen molar-refractivity contribution in [1.29, 1.82) is 0 Å². The molecule has 0 aliphatic carbocycles. The molecule has 1 nitrogen and oxygen atoms in total. The maximum absolute atomic E-state index is 13.7. The van der Waals surface area contributed by atoms with Crippen LogP contribution in [0.5, 0.6) is 0 Å². The Labute approximate surface area is 114 Å². The van der Waals surface area contributed by atoms with Gasteiger partial charge in [0.15, 0.2) is 0 Å². The molecule has 0 saturated heterocycles. The van der Waals surface area contributed by atoms with Gasteiger partial charge in [0.25, 0.3) is 0 Å². The fourth-order valence-corrected chi connectivity index (χ4v) is 2.08. The van der Waals surface area contributed by atoms with E-state index >= 15 is 0 Å². The van der Waals surface area contributed by atoms with Crippen LogP contribution in [0, 0.1) is 5.82 Å². The molecular weight excluding hydrogens is 237 g/mol. The van der Waals surface area contributed by atoms with Crippen LogP contribution in [0.3, 0.4) is 0 Å². The van der Waals surface area contributed by atoms with Gasteiger partial charge < -0.3 is 5.32 Å². The average Bonchev–Trinajstić information content (AvgIpc) is 2.46. The van der Waals surface area contributed by atoms with Gasteiger partial charge in [-0.15, -0.1) is 0 Å². The molecular formula is C17H20FN. The molecule has 0 aliphatic rings. The van der Waals surface area contributed by atoms with Crippen molar-refractivity contribution in [2.75, 3.05) is 6.54 Å². The first kappa shape index (κ1) is 13.8. The van der Waals surface area contributed by atoms with E-state index in [4.69, 9.17) is 0 Å². The highest BCUT2D eigenvalue weighted by Crippen LogP contribution is 2.22. The summed E-state index contributed by atoms with van der Waals surface area (Å²) in [6.45, 7) is 5.57. The van der Waals surface area contributed by atoms with Crippen molar-refractivity contribution in [3.05, 3.63) is 59.4 Å². The highest BCUT2D eigenvalue weighted by atomic mass is 19.1. The zero-order chi connectivity index (χ0) is 13.7. The second kappa shape index (κ2) is 6.48. The Bertz CT molecular complexity index is 531. The fraction of sp³-hybridized carbons (Fsp3) is 0.294. The monoisotopic (exact) mass is 257 g/mol. The van der Waals surface area contributed by atoms with Crippen LogP contribution < -0.4 is 5.32 Å². The van der Waals surface area contributed by atoms with Crippen LogP contribution in [-0.4, -0.2) is 6.54 Å². The van der Waals surface area contributed by atoms with Crippen molar-refractivity contribution < 1.29 is 4.39 Å². The summed E-state index contributed by atoms with van der Waals surface area (Å²) in [5.74, 6) is -0.144. The molecule has 0 unspecified atom stereocenters. The molecule has 2 aromatic carbocycles. The van der Waals surface area contributed by atoms with E-state index < -0.39 is 0 Å². The Morgan fingerprint density at radius 3 is 2.26 bits per heavy atom. The summed E-state index contributed by atoms with van der Waals surface area (Å²) in [6.07, 6.45) is 1.04. The van der Waals surface area contributed by atoms with Crippen molar-refractivity contribution in [2.24, 2.45) is 0 Å². The van der Waals surface area contributed by atoms with Crippen LogP contribution in [0.2, 0.25) is 0 Å². The molecule has 0 fully saturated rings. The van der Waals surface area contributed by atoms with Crippen LogP contribution in [0.25, 0.3) is 11.1 Å². The SMILES string of the molecule is CCNCc1cc(-c2ccc(CC)cc2)ccc1F. The first-order valence-electron chi connectivity index (χ1n) is 6.83. The summed E-state index contributed by atoms with van der Waals surface area (Å²) in [5, 5.41) is 3.16. The molecule has 0 saturated carbocycles. The lowest BCUT2D eigenvalue weighted by molar-refractivity contribution is 0.593. The minimum atomic E-state index is -0.144. The number of aryl methyl sites for hydroxylation is 1. The standard InChI is InChI=1S/C17H20FN/c1-3-13-5-7-14(8-6-13)15-9-10-17(18)16(11-15)12-19-4-2/h5-11,19H,3-4,12H2,1-2H3. The molecule has 0 spiro atoms. The van der Waals surface area contributed by atoms with E-state index in [9.17, 15) is 4.39 Å². The molecule has 1 N–H and O–H groups in total. The van der Waals surface area contributed by atoms with Gasteiger partial charge in [-0.05, 0) is 41.8 Å². The van der Waals surface area contributed by atoms with Crippen LogP contribution >= 0.6 is 0 Å². The minimum absolute atomic E-state index is 0.144. The molecule has 100 valence electrons. The van der Waals surface area contributed by atoms with E-state index in [2.05, 4.69) is 36.5 Å². The highest BCUT2D eigenvalue weighted by molar-refractivity contribution is 5.64. The first-order chi connectivity index (χ1) is 9.24. The summed E-state index contributed by atoms with van der Waals surface area (Å²) >= 11 is 0. The predicted octanol–water partition coefficient (Wildman–Crippen LogP) is 4.16. The van der Waals surface area contributed by atoms with Gasteiger partial charge in [0.05, 0.1) is 0 Å². The number of nitrogens with one attached hydrogen (secondary N) is 1. The summed E-state index contributed by atoms with van der Waals surface area (Å²) < 4.78 is 13.7. The summed E-state index contributed by atoms with van der Waals surface area (Å²) in [4.78, 5) is 0. The van der Waals surface area contributed by atoms with Crippen LogP contribution in [-0.2, 0) is 13.0 Å². The second-order valence-corrected chi connectivity index (χ2v) is 4.64. The van der Waals surface area contributed by atoms with Gasteiger partial charge in [0, 0.05) is 12.1 Å². The van der Waals surface area contributed by atoms with Gasteiger partial charge in [-0.3, -0.25) is 0 Å². The Morgan fingerprint density at radius 1 is 0.947 bits per heavy atom. The fourth-order valence-electron chi connectivity index (χ4n) is 2.08. The average molecular weight is 257 g/mol. The molecule has 0 bridgehead atoms. The molecule has 19 heavy (non-hydrogen) atoms. The lowest BCUT2D eigenvalue weighted by atomic mass is 10.0. The quantitative estimate of drug-likeness (QED) is 0.848. The molecule has 0 aromatic heterocycles. The topological polar surface area (TPSA) is 12.0 Å². The largest absolute Gasteiger partial charge is 0.313 e. The van der Waals surface area contributed by atoms with Gasteiger partial charge in [-0.1, -0.05) is 44.2 Å². The summed E-state index contributed by atoms with van der Waals surface area (Å²) in [7, 11) is 0. The normalized spacial score (nSPS) is 10.7. The summed E-state index contributed by atoms with van der Waals surface area (Å²) in [6, 6.07) is 13.8. The summed E-state index contributed by atoms with van der Waals surface area (Å²) in [5.41, 5.74) is 4.24. The van der Waals surface area contributed by atoms with Crippen molar-refractivity contribution >= 4 is 0 Å². The molecule has 2 rings (SSSR count). The highest BCUT2D eigenvalue weighted by Gasteiger charge is 2.05. The second-order valence-electron chi connectivity index (χ2n) is 4.64. The predicted molar refractivity (Wildman–Crippen MR) is 78.6 cm³/mol. The minimum Gasteiger partial charge on any atom is -0.313 e. The van der Waals surface area contributed by atoms with Crippen molar-refractivity contribution in [3.8, 4) is 11.1 Å². The zero-order valence-electron chi connectivity index (χ0n) is 11.5. The molecule has 0 aliphatic heterocycles. The van der Waals surface area contributed by atoms with Gasteiger partial charge in [-0.25, -0.2) is 4.39 Å². The third-order valence-electron chi connectivity index (χ3n) is 3.31. The molecule has 0 atom stereocenters. The van der Waals surface area contributed by atoms with Crippen molar-refractivity contribution in [2.45, 2.75) is 26.8 Å². The molecule has 2 heteroatoms. The Balaban J connectivity index is 2.28. The Hall–Kier alpha value is -1.67. The van der Waals surface area contributed by atoms with Crippen LogP contribution in [0.15, 0.2) is 42.5 Å². The van der Waals surface area contributed by atoms with Crippen molar-refractivity contribution in [3.63, 3.8) is 0 Å². The maximum atomic E-state index is 13.7. The maximum Gasteiger partial charge on any atom is 0.127 e.